The summed E-state index contributed by atoms with van der Waals surface area (Å²) in [5.41, 5.74) is 1.28. The zero-order chi connectivity index (χ0) is 18.4. The van der Waals surface area contributed by atoms with Gasteiger partial charge in [-0.25, -0.2) is 0 Å². The third-order valence-corrected chi connectivity index (χ3v) is 5.75. The van der Waals surface area contributed by atoms with Crippen LogP contribution in [0.1, 0.15) is 47.8 Å². The van der Waals surface area contributed by atoms with Gasteiger partial charge in [0.15, 0.2) is 0 Å². The first-order chi connectivity index (χ1) is 12.6. The molecule has 1 saturated heterocycles. The van der Waals surface area contributed by atoms with Crippen LogP contribution in [-0.4, -0.2) is 35.3 Å². The molecule has 1 fully saturated rings. The summed E-state index contributed by atoms with van der Waals surface area (Å²) in [7, 11) is 0. The van der Waals surface area contributed by atoms with Gasteiger partial charge in [-0.3, -0.25) is 9.59 Å². The minimum Gasteiger partial charge on any atom is -0.352 e. The van der Waals surface area contributed by atoms with Gasteiger partial charge in [0.1, 0.15) is 6.04 Å². The maximum Gasteiger partial charge on any atom is 0.264 e. The average molecular weight is 371 g/mol. The van der Waals surface area contributed by atoms with E-state index in [2.05, 4.69) is 17.4 Å². The molecule has 0 radical (unpaired) electrons. The van der Waals surface area contributed by atoms with E-state index < -0.39 is 0 Å². The van der Waals surface area contributed by atoms with Gasteiger partial charge in [-0.2, -0.15) is 0 Å². The first kappa shape index (κ1) is 18.6. The Bertz CT molecular complexity index is 715. The van der Waals surface area contributed by atoms with Crippen LogP contribution in [0.4, 0.5) is 0 Å². The van der Waals surface area contributed by atoms with Crippen molar-refractivity contribution in [3.05, 3.63) is 58.3 Å². The second kappa shape index (κ2) is 8.99. The second-order valence-electron chi connectivity index (χ2n) is 6.92. The van der Waals surface area contributed by atoms with Crippen LogP contribution in [0.15, 0.2) is 47.8 Å². The molecule has 1 N–H and O–H groups in total. The topological polar surface area (TPSA) is 49.4 Å². The van der Waals surface area contributed by atoms with E-state index in [9.17, 15) is 9.59 Å². The molecular formula is C21H26N2O2S. The Hall–Kier alpha value is -2.14. The number of carbonyl (C=O) groups is 2. The van der Waals surface area contributed by atoms with Gasteiger partial charge in [0.2, 0.25) is 5.91 Å². The van der Waals surface area contributed by atoms with Crippen LogP contribution in [0.3, 0.4) is 0 Å². The Morgan fingerprint density at radius 1 is 1.19 bits per heavy atom. The van der Waals surface area contributed by atoms with Gasteiger partial charge in [0.05, 0.1) is 4.88 Å². The molecule has 138 valence electrons. The van der Waals surface area contributed by atoms with E-state index in [4.69, 9.17) is 0 Å². The van der Waals surface area contributed by atoms with Gasteiger partial charge < -0.3 is 10.2 Å². The molecular weight excluding hydrogens is 344 g/mol. The highest BCUT2D eigenvalue weighted by Gasteiger charge is 2.33. The summed E-state index contributed by atoms with van der Waals surface area (Å²) >= 11 is 1.44. The maximum atomic E-state index is 12.8. The highest BCUT2D eigenvalue weighted by molar-refractivity contribution is 7.12. The number of likely N-dealkylation sites (tertiary alicyclic amines) is 1. The summed E-state index contributed by atoms with van der Waals surface area (Å²) < 4.78 is 0. The minimum absolute atomic E-state index is 0.0169. The number of hydrogen-bond donors (Lipinski definition) is 1. The van der Waals surface area contributed by atoms with E-state index in [-0.39, 0.29) is 23.9 Å². The molecule has 1 aliphatic heterocycles. The molecule has 0 unspecified atom stereocenters. The Morgan fingerprint density at radius 2 is 2.00 bits per heavy atom. The lowest BCUT2D eigenvalue weighted by atomic mass is 10.00. The standard InChI is InChI=1S/C21H26N2O2S/c1-16(12-13-17-8-3-2-4-9-17)22-20(24)18-10-5-6-14-23(18)21(25)19-11-7-15-26-19/h2-4,7-9,11,15-16,18H,5-6,10,12-14H2,1H3,(H,22,24)/t16-,18-/m0/s1. The molecule has 2 amide bonds. The van der Waals surface area contributed by atoms with E-state index in [1.165, 1.54) is 16.9 Å². The molecule has 26 heavy (non-hydrogen) atoms. The van der Waals surface area contributed by atoms with E-state index in [1.54, 1.807) is 4.90 Å². The van der Waals surface area contributed by atoms with Crippen molar-refractivity contribution in [1.82, 2.24) is 10.2 Å². The SMILES string of the molecule is C[C@@H](CCc1ccccc1)NC(=O)[C@@H]1CCCCN1C(=O)c1cccs1. The van der Waals surface area contributed by atoms with Crippen LogP contribution in [0.2, 0.25) is 0 Å². The van der Waals surface area contributed by atoms with Gasteiger partial charge in [0, 0.05) is 12.6 Å². The highest BCUT2D eigenvalue weighted by atomic mass is 32.1. The Kier molecular flexibility index (Phi) is 6.45. The first-order valence-electron chi connectivity index (χ1n) is 9.34. The Morgan fingerprint density at radius 3 is 2.73 bits per heavy atom. The number of carbonyl (C=O) groups excluding carboxylic acids is 2. The predicted molar refractivity (Wildman–Crippen MR) is 105 cm³/mol. The van der Waals surface area contributed by atoms with Crippen LogP contribution in [0.25, 0.3) is 0 Å². The summed E-state index contributed by atoms with van der Waals surface area (Å²) in [6.45, 7) is 2.70. The molecule has 0 saturated carbocycles. The third-order valence-electron chi connectivity index (χ3n) is 4.90. The predicted octanol–water partition coefficient (Wildman–Crippen LogP) is 3.88. The van der Waals surface area contributed by atoms with Crippen molar-refractivity contribution < 1.29 is 9.59 Å². The fraction of sp³-hybridized carbons (Fsp3) is 0.429. The Labute approximate surface area is 159 Å². The third kappa shape index (κ3) is 4.73. The van der Waals surface area contributed by atoms with Gasteiger partial charge in [-0.1, -0.05) is 36.4 Å². The summed E-state index contributed by atoms with van der Waals surface area (Å²) in [6.07, 6.45) is 4.52. The molecule has 2 heterocycles. The van der Waals surface area contributed by atoms with Crippen molar-refractivity contribution in [2.45, 2.75) is 51.1 Å². The summed E-state index contributed by atoms with van der Waals surface area (Å²) in [6, 6.07) is 13.7. The van der Waals surface area contributed by atoms with Crippen LogP contribution in [0.5, 0.6) is 0 Å². The van der Waals surface area contributed by atoms with E-state index in [0.29, 0.717) is 11.4 Å². The van der Waals surface area contributed by atoms with Gasteiger partial charge >= 0.3 is 0 Å². The smallest absolute Gasteiger partial charge is 0.264 e. The van der Waals surface area contributed by atoms with Gasteiger partial charge in [-0.15, -0.1) is 11.3 Å². The number of rotatable bonds is 6. The number of aryl methyl sites for hydroxylation is 1. The number of amides is 2. The van der Waals surface area contributed by atoms with Crippen molar-refractivity contribution >= 4 is 23.2 Å². The number of piperidine rings is 1. The van der Waals surface area contributed by atoms with Crippen molar-refractivity contribution in [2.24, 2.45) is 0 Å². The zero-order valence-electron chi connectivity index (χ0n) is 15.2. The van der Waals surface area contributed by atoms with Gasteiger partial charge in [-0.05, 0) is 56.0 Å². The lowest BCUT2D eigenvalue weighted by Gasteiger charge is -2.35. The number of thiophene rings is 1. The molecule has 2 atom stereocenters. The van der Waals surface area contributed by atoms with Crippen LogP contribution < -0.4 is 5.32 Å². The summed E-state index contributed by atoms with van der Waals surface area (Å²) in [5, 5.41) is 5.02. The monoisotopic (exact) mass is 370 g/mol. The molecule has 1 aromatic carbocycles. The van der Waals surface area contributed by atoms with Crippen molar-refractivity contribution in [2.75, 3.05) is 6.54 Å². The molecule has 2 aromatic rings. The summed E-state index contributed by atoms with van der Waals surface area (Å²) in [4.78, 5) is 28.0. The normalized spacial score (nSPS) is 18.3. The molecule has 0 bridgehead atoms. The number of hydrogen-bond acceptors (Lipinski definition) is 3. The molecule has 0 aliphatic carbocycles. The number of benzene rings is 1. The second-order valence-corrected chi connectivity index (χ2v) is 7.87. The van der Waals surface area contributed by atoms with Gasteiger partial charge in [0.25, 0.3) is 5.91 Å². The lowest BCUT2D eigenvalue weighted by molar-refractivity contribution is -0.127. The van der Waals surface area contributed by atoms with E-state index in [0.717, 1.165) is 32.1 Å². The lowest BCUT2D eigenvalue weighted by Crippen LogP contribution is -2.53. The van der Waals surface area contributed by atoms with E-state index >= 15 is 0 Å². The number of nitrogens with one attached hydrogen (secondary N) is 1. The average Bonchev–Trinajstić information content (AvgIpc) is 3.21. The quantitative estimate of drug-likeness (QED) is 0.839. The van der Waals surface area contributed by atoms with Crippen molar-refractivity contribution in [3.63, 3.8) is 0 Å². The Balaban J connectivity index is 1.57. The van der Waals surface area contributed by atoms with Crippen molar-refractivity contribution in [1.29, 1.82) is 0 Å². The molecule has 1 aliphatic rings. The first-order valence-corrected chi connectivity index (χ1v) is 10.2. The fourth-order valence-corrected chi connectivity index (χ4v) is 4.11. The highest BCUT2D eigenvalue weighted by Crippen LogP contribution is 2.22. The zero-order valence-corrected chi connectivity index (χ0v) is 16.0. The maximum absolute atomic E-state index is 12.8. The minimum atomic E-state index is -0.350. The van der Waals surface area contributed by atoms with Crippen LogP contribution in [0, 0.1) is 0 Å². The number of nitrogens with zero attached hydrogens (tertiary/aromatic N) is 1. The van der Waals surface area contributed by atoms with Crippen LogP contribution >= 0.6 is 11.3 Å². The van der Waals surface area contributed by atoms with Crippen molar-refractivity contribution in [3.8, 4) is 0 Å². The molecule has 3 rings (SSSR count). The molecule has 4 nitrogen and oxygen atoms in total. The molecule has 0 spiro atoms. The molecule has 5 heteroatoms. The van der Waals surface area contributed by atoms with Crippen LogP contribution in [-0.2, 0) is 11.2 Å². The summed E-state index contributed by atoms with van der Waals surface area (Å²) in [5.74, 6) is -0.0352. The largest absolute Gasteiger partial charge is 0.352 e. The van der Waals surface area contributed by atoms with E-state index in [1.807, 2.05) is 42.6 Å². The molecule has 1 aromatic heterocycles. The fourth-order valence-electron chi connectivity index (χ4n) is 3.43.